The maximum absolute atomic E-state index is 10.0. The van der Waals surface area contributed by atoms with Gasteiger partial charge in [0, 0.05) is 31.7 Å². The van der Waals surface area contributed by atoms with Crippen molar-refractivity contribution in [2.75, 3.05) is 26.7 Å². The van der Waals surface area contributed by atoms with Crippen LogP contribution in [0.4, 0.5) is 0 Å². The Morgan fingerprint density at radius 1 is 1.13 bits per heavy atom. The lowest BCUT2D eigenvalue weighted by Gasteiger charge is -2.44. The smallest absolute Gasteiger partial charge is 0.0695 e. The number of hydrogen-bond acceptors (Lipinski definition) is 3. The van der Waals surface area contributed by atoms with Gasteiger partial charge in [0.25, 0.3) is 0 Å². The van der Waals surface area contributed by atoms with Gasteiger partial charge in [-0.2, -0.15) is 0 Å². The van der Waals surface area contributed by atoms with Crippen LogP contribution in [0.2, 0.25) is 0 Å². The van der Waals surface area contributed by atoms with E-state index in [0.29, 0.717) is 12.1 Å². The van der Waals surface area contributed by atoms with Crippen molar-refractivity contribution in [3.8, 4) is 0 Å². The van der Waals surface area contributed by atoms with Crippen LogP contribution < -0.4 is 0 Å². The highest BCUT2D eigenvalue weighted by Crippen LogP contribution is 2.24. The fourth-order valence-corrected chi connectivity index (χ4v) is 2.90. The molecule has 0 aromatic heterocycles. The van der Waals surface area contributed by atoms with E-state index in [0.717, 1.165) is 26.1 Å². The normalized spacial score (nSPS) is 40.6. The summed E-state index contributed by atoms with van der Waals surface area (Å²) in [6.45, 7) is 5.67. The molecule has 1 unspecified atom stereocenters. The summed E-state index contributed by atoms with van der Waals surface area (Å²) in [5.74, 6) is 0. The predicted molar refractivity (Wildman–Crippen MR) is 61.9 cm³/mol. The minimum absolute atomic E-state index is 0.0747. The minimum atomic E-state index is -0.0747. The Morgan fingerprint density at radius 3 is 2.53 bits per heavy atom. The van der Waals surface area contributed by atoms with Crippen molar-refractivity contribution in [1.82, 2.24) is 9.80 Å². The zero-order chi connectivity index (χ0) is 10.8. The number of aliphatic hydroxyl groups is 1. The van der Waals surface area contributed by atoms with E-state index in [1.807, 2.05) is 0 Å². The number of hydrogen-bond donors (Lipinski definition) is 1. The average Bonchev–Trinajstić information content (AvgIpc) is 2.23. The van der Waals surface area contributed by atoms with E-state index in [-0.39, 0.29) is 6.10 Å². The van der Waals surface area contributed by atoms with Crippen molar-refractivity contribution in [3.05, 3.63) is 0 Å². The molecule has 3 atom stereocenters. The van der Waals surface area contributed by atoms with Gasteiger partial charge >= 0.3 is 0 Å². The van der Waals surface area contributed by atoms with Crippen molar-refractivity contribution >= 4 is 0 Å². The third-order valence-electron chi connectivity index (χ3n) is 4.15. The Labute approximate surface area is 93.1 Å². The Hall–Kier alpha value is -0.120. The summed E-state index contributed by atoms with van der Waals surface area (Å²) in [6, 6.07) is 1.07. The molecular weight excluding hydrogens is 188 g/mol. The van der Waals surface area contributed by atoms with Gasteiger partial charge in [0.2, 0.25) is 0 Å². The van der Waals surface area contributed by atoms with Crippen molar-refractivity contribution < 1.29 is 5.11 Å². The molecule has 1 aliphatic carbocycles. The highest BCUT2D eigenvalue weighted by Gasteiger charge is 2.32. The van der Waals surface area contributed by atoms with Gasteiger partial charge in [0.05, 0.1) is 6.10 Å². The zero-order valence-corrected chi connectivity index (χ0v) is 10.0. The SMILES string of the molecule is CC1CN([C@H]2CCCC[C@@H]2O)CCN1C. The van der Waals surface area contributed by atoms with E-state index < -0.39 is 0 Å². The molecule has 0 bridgehead atoms. The van der Waals surface area contributed by atoms with Gasteiger partial charge in [-0.3, -0.25) is 4.90 Å². The molecule has 0 spiro atoms. The summed E-state index contributed by atoms with van der Waals surface area (Å²) < 4.78 is 0. The lowest BCUT2D eigenvalue weighted by molar-refractivity contribution is -0.0132. The molecule has 1 N–H and O–H groups in total. The van der Waals surface area contributed by atoms with Crippen LogP contribution in [0.5, 0.6) is 0 Å². The van der Waals surface area contributed by atoms with Gasteiger partial charge in [0.1, 0.15) is 0 Å². The summed E-state index contributed by atoms with van der Waals surface area (Å²) in [7, 11) is 2.19. The zero-order valence-electron chi connectivity index (χ0n) is 10.0. The number of piperazine rings is 1. The lowest BCUT2D eigenvalue weighted by Crippen LogP contribution is -2.56. The van der Waals surface area contributed by atoms with Gasteiger partial charge < -0.3 is 10.0 Å². The third-order valence-corrected chi connectivity index (χ3v) is 4.15. The number of aliphatic hydroxyl groups excluding tert-OH is 1. The van der Waals surface area contributed by atoms with Crippen molar-refractivity contribution in [3.63, 3.8) is 0 Å². The molecule has 0 aromatic carbocycles. The van der Waals surface area contributed by atoms with Gasteiger partial charge in [-0.05, 0) is 26.8 Å². The molecule has 3 heteroatoms. The first kappa shape index (κ1) is 11.4. The lowest BCUT2D eigenvalue weighted by atomic mass is 9.90. The Bertz CT molecular complexity index is 210. The molecule has 1 heterocycles. The molecule has 0 amide bonds. The molecule has 0 aromatic rings. The van der Waals surface area contributed by atoms with Crippen LogP contribution in [-0.4, -0.2) is 59.8 Å². The minimum Gasteiger partial charge on any atom is -0.391 e. The van der Waals surface area contributed by atoms with Gasteiger partial charge in [0.15, 0.2) is 0 Å². The Kier molecular flexibility index (Phi) is 3.65. The maximum Gasteiger partial charge on any atom is 0.0695 e. The van der Waals surface area contributed by atoms with Crippen LogP contribution in [-0.2, 0) is 0 Å². The highest BCUT2D eigenvalue weighted by atomic mass is 16.3. The topological polar surface area (TPSA) is 26.7 Å². The molecular formula is C12H24N2O. The largest absolute Gasteiger partial charge is 0.391 e. The number of nitrogens with zero attached hydrogens (tertiary/aromatic N) is 2. The number of likely N-dealkylation sites (N-methyl/N-ethyl adjacent to an activating group) is 1. The molecule has 1 saturated heterocycles. The molecule has 15 heavy (non-hydrogen) atoms. The standard InChI is InChI=1S/C12H24N2O/c1-10-9-14(8-7-13(10)2)11-5-3-4-6-12(11)15/h10-12,15H,3-9H2,1-2H3/t10?,11-,12-/m0/s1. The first-order valence-electron chi connectivity index (χ1n) is 6.31. The first-order chi connectivity index (χ1) is 7.18. The van der Waals surface area contributed by atoms with E-state index in [2.05, 4.69) is 23.8 Å². The van der Waals surface area contributed by atoms with Gasteiger partial charge in [-0.15, -0.1) is 0 Å². The van der Waals surface area contributed by atoms with E-state index in [4.69, 9.17) is 0 Å². The van der Waals surface area contributed by atoms with Crippen molar-refractivity contribution in [2.45, 2.75) is 50.8 Å². The molecule has 1 aliphatic heterocycles. The highest BCUT2D eigenvalue weighted by molar-refractivity contribution is 4.87. The van der Waals surface area contributed by atoms with E-state index in [1.165, 1.54) is 19.3 Å². The van der Waals surface area contributed by atoms with E-state index in [1.54, 1.807) is 0 Å². The van der Waals surface area contributed by atoms with Crippen LogP contribution in [0.15, 0.2) is 0 Å². The fourth-order valence-electron chi connectivity index (χ4n) is 2.90. The third kappa shape index (κ3) is 2.52. The summed E-state index contributed by atoms with van der Waals surface area (Å²) in [5.41, 5.74) is 0. The molecule has 0 radical (unpaired) electrons. The molecule has 3 nitrogen and oxygen atoms in total. The predicted octanol–water partition coefficient (Wildman–Crippen LogP) is 0.926. The summed E-state index contributed by atoms with van der Waals surface area (Å²) >= 11 is 0. The second kappa shape index (κ2) is 4.81. The molecule has 2 rings (SSSR count). The molecule has 2 fully saturated rings. The quantitative estimate of drug-likeness (QED) is 0.700. The van der Waals surface area contributed by atoms with E-state index in [9.17, 15) is 5.11 Å². The number of rotatable bonds is 1. The fraction of sp³-hybridized carbons (Fsp3) is 1.00. The van der Waals surface area contributed by atoms with E-state index >= 15 is 0 Å². The van der Waals surface area contributed by atoms with Crippen LogP contribution in [0.3, 0.4) is 0 Å². The maximum atomic E-state index is 10.0. The monoisotopic (exact) mass is 212 g/mol. The molecule has 1 saturated carbocycles. The van der Waals surface area contributed by atoms with Crippen LogP contribution >= 0.6 is 0 Å². The molecule has 88 valence electrons. The Morgan fingerprint density at radius 2 is 1.87 bits per heavy atom. The second-order valence-electron chi connectivity index (χ2n) is 5.24. The van der Waals surface area contributed by atoms with Crippen LogP contribution in [0, 0.1) is 0 Å². The first-order valence-corrected chi connectivity index (χ1v) is 6.31. The van der Waals surface area contributed by atoms with Gasteiger partial charge in [-0.1, -0.05) is 12.8 Å². The average molecular weight is 212 g/mol. The summed E-state index contributed by atoms with van der Waals surface area (Å²) in [4.78, 5) is 4.92. The second-order valence-corrected chi connectivity index (χ2v) is 5.24. The van der Waals surface area contributed by atoms with Gasteiger partial charge in [-0.25, -0.2) is 0 Å². The molecule has 2 aliphatic rings. The van der Waals surface area contributed by atoms with Crippen LogP contribution in [0.25, 0.3) is 0 Å². The summed E-state index contributed by atoms with van der Waals surface area (Å²) in [5, 5.41) is 10.0. The van der Waals surface area contributed by atoms with Crippen LogP contribution in [0.1, 0.15) is 32.6 Å². The van der Waals surface area contributed by atoms with Crippen molar-refractivity contribution in [2.24, 2.45) is 0 Å². The van der Waals surface area contributed by atoms with Crippen molar-refractivity contribution in [1.29, 1.82) is 0 Å². The Balaban J connectivity index is 1.92. The summed E-state index contributed by atoms with van der Waals surface area (Å²) in [6.07, 6.45) is 4.63.